The van der Waals surface area contributed by atoms with Crippen molar-refractivity contribution in [3.8, 4) is 0 Å². The summed E-state index contributed by atoms with van der Waals surface area (Å²) in [6.45, 7) is 22.6. The number of aliphatic hydroxyl groups is 2. The third kappa shape index (κ3) is 24.6. The number of oxime groups is 1. The first-order chi connectivity index (χ1) is 49.7. The van der Waals surface area contributed by atoms with Crippen LogP contribution in [-0.2, 0) is 27.2 Å². The zero-order valence-electron chi connectivity index (χ0n) is 62.6. The number of anilines is 1. The molecule has 0 saturated carbocycles. The van der Waals surface area contributed by atoms with Crippen molar-refractivity contribution in [2.75, 3.05) is 77.9 Å². The SMILES string of the molecule is CC(C)(O)C(=O)c1ccc(Cc2ccc(C(=O)C(C)(C)O)cc2)cc1.CCC(Cc1ccc(C)cc1)(C(=O)c1ccc(N2CCOCC2)cc1)N(C)C.CCCCCC/C(=N/OC(=O)c1ccccc1)C(=O)c1ccc(Sc2ccccc2)cc1.CSc1ccc(C(=O)C(C)(C)N2CCOCC2)cc1. The molecule has 8 aromatic rings. The van der Waals surface area contributed by atoms with E-state index in [-0.39, 0.29) is 34.6 Å². The van der Waals surface area contributed by atoms with Crippen LogP contribution < -0.4 is 4.90 Å². The number of nitrogens with zero attached hydrogens (tertiary/aromatic N) is 4. The summed E-state index contributed by atoms with van der Waals surface area (Å²) in [7, 11) is 4.02. The Labute approximate surface area is 624 Å². The second kappa shape index (κ2) is 40.1. The zero-order valence-corrected chi connectivity index (χ0v) is 64.3. The van der Waals surface area contributed by atoms with Gasteiger partial charge in [0.05, 0.1) is 43.1 Å². The zero-order chi connectivity index (χ0) is 75.5. The topological polar surface area (TPSA) is 193 Å². The van der Waals surface area contributed by atoms with E-state index in [1.807, 2.05) is 143 Å². The number of hydrogen-bond acceptors (Lipinski definition) is 17. The van der Waals surface area contributed by atoms with E-state index in [0.717, 1.165) is 109 Å². The van der Waals surface area contributed by atoms with Crippen LogP contribution in [0.25, 0.3) is 0 Å². The molecule has 2 aliphatic rings. The Balaban J connectivity index is 0.000000197. The molecule has 1 unspecified atom stereocenters. The molecule has 2 aliphatic heterocycles. The molecule has 2 heterocycles. The summed E-state index contributed by atoms with van der Waals surface area (Å²) in [5.74, 6) is -1.03. The van der Waals surface area contributed by atoms with E-state index in [2.05, 4.69) is 77.0 Å². The maximum absolute atomic E-state index is 13.6. The predicted octanol–water partition coefficient (Wildman–Crippen LogP) is 17.1. The third-order valence-electron chi connectivity index (χ3n) is 18.5. The molecule has 8 aromatic carbocycles. The number of hydrogen-bond donors (Lipinski definition) is 2. The number of carbonyl (C=O) groups excluding carboxylic acids is 6. The van der Waals surface area contributed by atoms with Crippen molar-refractivity contribution < 1.29 is 53.3 Å². The van der Waals surface area contributed by atoms with Gasteiger partial charge in [0.25, 0.3) is 0 Å². The molecule has 550 valence electrons. The number of morpholine rings is 2. The molecule has 2 saturated heterocycles. The van der Waals surface area contributed by atoms with Gasteiger partial charge in [-0.15, -0.1) is 11.8 Å². The van der Waals surface area contributed by atoms with Crippen LogP contribution in [-0.4, -0.2) is 156 Å². The van der Waals surface area contributed by atoms with E-state index in [1.54, 1.807) is 84.2 Å². The summed E-state index contributed by atoms with van der Waals surface area (Å²) in [5, 5.41) is 23.5. The lowest BCUT2D eigenvalue weighted by atomic mass is 9.80. The van der Waals surface area contributed by atoms with Crippen molar-refractivity contribution in [2.24, 2.45) is 5.16 Å². The number of ether oxygens (including phenoxy) is 2. The number of thioether (sulfide) groups is 1. The first kappa shape index (κ1) is 82.8. The van der Waals surface area contributed by atoms with Gasteiger partial charge in [-0.05, 0) is 203 Å². The Morgan fingerprint density at radius 2 is 0.942 bits per heavy atom. The molecule has 2 N–H and O–H groups in total. The van der Waals surface area contributed by atoms with Crippen LogP contribution in [0.5, 0.6) is 0 Å². The Kier molecular flexibility index (Phi) is 31.9. The fraction of sp³-hybridized carbons (Fsp3) is 0.368. The van der Waals surface area contributed by atoms with E-state index < -0.39 is 28.2 Å². The molecule has 1 atom stereocenters. The van der Waals surface area contributed by atoms with E-state index >= 15 is 0 Å². The van der Waals surface area contributed by atoms with Crippen molar-refractivity contribution in [2.45, 2.75) is 151 Å². The Bertz CT molecular complexity index is 3980. The lowest BCUT2D eigenvalue weighted by Gasteiger charge is -2.39. The van der Waals surface area contributed by atoms with Crippen molar-refractivity contribution in [1.29, 1.82) is 0 Å². The monoisotopic (exact) mass is 1440 g/mol. The second-order valence-electron chi connectivity index (χ2n) is 27.8. The highest BCUT2D eigenvalue weighted by molar-refractivity contribution is 7.99. The fourth-order valence-electron chi connectivity index (χ4n) is 12.0. The minimum atomic E-state index is -1.38. The summed E-state index contributed by atoms with van der Waals surface area (Å²) in [6.07, 6.45) is 8.66. The average Bonchev–Trinajstić information content (AvgIpc) is 0.782. The lowest BCUT2D eigenvalue weighted by molar-refractivity contribution is -0.00430. The number of aryl methyl sites for hydroxylation is 1. The van der Waals surface area contributed by atoms with Crippen LogP contribution in [0.1, 0.15) is 178 Å². The smallest absolute Gasteiger partial charge is 0.365 e. The van der Waals surface area contributed by atoms with Crippen LogP contribution in [0.3, 0.4) is 0 Å². The van der Waals surface area contributed by atoms with Gasteiger partial charge in [-0.1, -0.05) is 177 Å². The second-order valence-corrected chi connectivity index (χ2v) is 29.9. The first-order valence-corrected chi connectivity index (χ1v) is 37.9. The Morgan fingerprint density at radius 3 is 1.43 bits per heavy atom. The molecule has 0 bridgehead atoms. The van der Waals surface area contributed by atoms with E-state index in [1.165, 1.54) is 43.7 Å². The van der Waals surface area contributed by atoms with Gasteiger partial charge in [0.1, 0.15) is 16.9 Å². The van der Waals surface area contributed by atoms with Crippen LogP contribution in [0.15, 0.2) is 226 Å². The van der Waals surface area contributed by atoms with Gasteiger partial charge in [0.2, 0.25) is 5.78 Å². The van der Waals surface area contributed by atoms with E-state index in [9.17, 15) is 39.0 Å². The molecule has 0 aromatic heterocycles. The minimum absolute atomic E-state index is 0.182. The normalized spacial score (nSPS) is 14.1. The number of benzene rings is 8. The highest BCUT2D eigenvalue weighted by Crippen LogP contribution is 2.31. The van der Waals surface area contributed by atoms with Gasteiger partial charge in [0, 0.05) is 74.4 Å². The van der Waals surface area contributed by atoms with Crippen LogP contribution >= 0.6 is 23.5 Å². The molecule has 104 heavy (non-hydrogen) atoms. The first-order valence-electron chi connectivity index (χ1n) is 35.8. The third-order valence-corrected chi connectivity index (χ3v) is 20.3. The van der Waals surface area contributed by atoms with Gasteiger partial charge in [-0.25, -0.2) is 4.79 Å². The van der Waals surface area contributed by atoms with Crippen molar-refractivity contribution >= 4 is 69.8 Å². The summed E-state index contributed by atoms with van der Waals surface area (Å²) in [4.78, 5) is 90.8. The Hall–Kier alpha value is -8.49. The van der Waals surface area contributed by atoms with Crippen LogP contribution in [0.2, 0.25) is 0 Å². The highest BCUT2D eigenvalue weighted by atomic mass is 32.2. The maximum Gasteiger partial charge on any atom is 0.365 e. The molecule has 10 rings (SSSR count). The van der Waals surface area contributed by atoms with Gasteiger partial charge in [-0.2, -0.15) is 0 Å². The highest BCUT2D eigenvalue weighted by Gasteiger charge is 2.40. The number of likely N-dealkylation sites (N-methyl/N-ethyl adjacent to an activating group) is 1. The molecule has 0 radical (unpaired) electrons. The van der Waals surface area contributed by atoms with Gasteiger partial charge >= 0.3 is 5.97 Å². The molecule has 0 amide bonds. The molecule has 0 aliphatic carbocycles. The molecule has 17 heteroatoms. The van der Waals surface area contributed by atoms with Crippen LogP contribution in [0, 0.1) is 6.92 Å². The summed E-state index contributed by atoms with van der Waals surface area (Å²) in [6, 6.07) is 64.9. The lowest BCUT2D eigenvalue weighted by Crippen LogP contribution is -2.54. The van der Waals surface area contributed by atoms with E-state index in [0.29, 0.717) is 54.7 Å². The minimum Gasteiger partial charge on any atom is -0.382 e. The Morgan fingerprint density at radius 1 is 0.500 bits per heavy atom. The van der Waals surface area contributed by atoms with Gasteiger partial charge in [0.15, 0.2) is 23.1 Å². The molecule has 15 nitrogen and oxygen atoms in total. The largest absolute Gasteiger partial charge is 0.382 e. The molecular weight excluding hydrogens is 1340 g/mol. The quantitative estimate of drug-likeness (QED) is 0.0117. The molecular formula is C87H104N4O11S2. The molecule has 0 spiro atoms. The maximum atomic E-state index is 13.6. The summed E-state index contributed by atoms with van der Waals surface area (Å²) >= 11 is 3.32. The van der Waals surface area contributed by atoms with Crippen molar-refractivity contribution in [3.05, 3.63) is 262 Å². The molecule has 2 fully saturated rings. The van der Waals surface area contributed by atoms with Gasteiger partial charge in [-0.3, -0.25) is 33.8 Å². The summed E-state index contributed by atoms with van der Waals surface area (Å²) < 4.78 is 10.8. The number of ketones is 5. The van der Waals surface area contributed by atoms with Crippen molar-refractivity contribution in [1.82, 2.24) is 9.80 Å². The number of Topliss-reactive ketones (excluding diaryl/α,β-unsaturated/α-hetero) is 5. The van der Waals surface area contributed by atoms with Crippen molar-refractivity contribution in [3.63, 3.8) is 0 Å². The predicted molar refractivity (Wildman–Crippen MR) is 421 cm³/mol. The van der Waals surface area contributed by atoms with E-state index in [4.69, 9.17) is 14.3 Å². The van der Waals surface area contributed by atoms with Gasteiger partial charge < -0.3 is 29.4 Å². The standard InChI is InChI=1S/C27H27NO3S.C24H32N2O2.C21H24O4.C15H21NO2S/c1-2-3-4-11-16-25(28-31-27(30)22-12-7-5-8-13-22)26(29)21-17-19-24(20-18-21)32-23-14-9-6-10-15-23;1-5-24(25(3)4,18-20-8-6-19(2)7-9-20)23(27)21-10-12-22(13-11-21)26-14-16-28-17-15-26;1-20(2,24)18(22)16-9-5-14(6-10-16)13-15-7-11-17(12-8-15)19(23)21(3,4)25;1-15(2,16-8-10-18-11-9-16)14(17)12-4-6-13(19-3)7-5-12/h5-10,12-15,17-20H,2-4,11,16H2,1H3;6-13H,5,14-18H2,1-4H3;5-12,24-25H,13H2,1-4H3;4-7H,8-11H2,1-3H3/b28-25-;;;. The average molecular weight is 1450 g/mol. The number of carbonyl (C=O) groups is 6. The number of unbranched alkanes of at least 4 members (excludes halogenated alkanes) is 3. The fourth-order valence-corrected chi connectivity index (χ4v) is 13.2. The van der Waals surface area contributed by atoms with Crippen LogP contribution in [0.4, 0.5) is 5.69 Å². The summed E-state index contributed by atoms with van der Waals surface area (Å²) in [5.41, 5.74) is 5.57. The number of rotatable bonds is 28.